The zero-order valence-electron chi connectivity index (χ0n) is 15.7. The molecule has 2 aromatic carbocycles. The molecule has 0 bridgehead atoms. The van der Waals surface area contributed by atoms with Gasteiger partial charge in [-0.2, -0.15) is 5.10 Å². The molecular formula is C22H23ClN2O2. The lowest BCUT2D eigenvalue weighted by molar-refractivity contribution is -0.136. The third kappa shape index (κ3) is 4.40. The van der Waals surface area contributed by atoms with Crippen molar-refractivity contribution in [2.24, 2.45) is 0 Å². The van der Waals surface area contributed by atoms with Crippen molar-refractivity contribution in [3.8, 4) is 11.6 Å². The highest BCUT2D eigenvalue weighted by molar-refractivity contribution is 6.30. The minimum absolute atomic E-state index is 0.207. The van der Waals surface area contributed by atoms with Crippen LogP contribution in [0.15, 0.2) is 60.7 Å². The first-order chi connectivity index (χ1) is 13.0. The number of ether oxygens (including phenoxy) is 1. The Morgan fingerprint density at radius 1 is 1.11 bits per heavy atom. The molecule has 0 aliphatic heterocycles. The molecule has 5 heteroatoms. The molecule has 0 saturated carbocycles. The Balaban J connectivity index is 1.94. The molecule has 0 fully saturated rings. The van der Waals surface area contributed by atoms with E-state index in [1.165, 1.54) is 0 Å². The Morgan fingerprint density at radius 3 is 2.48 bits per heavy atom. The lowest BCUT2D eigenvalue weighted by Gasteiger charge is -2.15. The fourth-order valence-electron chi connectivity index (χ4n) is 2.93. The zero-order valence-corrected chi connectivity index (χ0v) is 16.5. The minimum atomic E-state index is -0.323. The predicted molar refractivity (Wildman–Crippen MR) is 108 cm³/mol. The van der Waals surface area contributed by atoms with Crippen LogP contribution in [-0.4, -0.2) is 15.7 Å². The average molecular weight is 383 g/mol. The first-order valence-corrected chi connectivity index (χ1v) is 9.50. The quantitative estimate of drug-likeness (QED) is 0.510. The Labute approximate surface area is 164 Å². The lowest BCUT2D eigenvalue weighted by Crippen LogP contribution is -2.19. The van der Waals surface area contributed by atoms with Crippen LogP contribution in [0.5, 0.6) is 5.88 Å². The first-order valence-electron chi connectivity index (χ1n) is 9.12. The van der Waals surface area contributed by atoms with Crippen LogP contribution in [0.25, 0.3) is 5.69 Å². The fourth-order valence-corrected chi connectivity index (χ4v) is 3.11. The summed E-state index contributed by atoms with van der Waals surface area (Å²) in [7, 11) is 0. The molecule has 3 aromatic rings. The van der Waals surface area contributed by atoms with E-state index in [-0.39, 0.29) is 17.8 Å². The molecule has 4 nitrogen and oxygen atoms in total. The summed E-state index contributed by atoms with van der Waals surface area (Å²) in [4.78, 5) is 12.9. The molecule has 0 aliphatic carbocycles. The molecule has 3 rings (SSSR count). The number of esters is 1. The van der Waals surface area contributed by atoms with Gasteiger partial charge in [-0.25, -0.2) is 4.68 Å². The lowest BCUT2D eigenvalue weighted by atomic mass is 9.97. The summed E-state index contributed by atoms with van der Waals surface area (Å²) >= 11 is 6.13. The standard InChI is InChI=1S/C22H23ClN2O2/c1-4-19(16-9-6-5-7-10-16)22(26)27-21-14-20(15(2)3)24-25(21)18-12-8-11-17(23)13-18/h5-15,19H,4H2,1-3H3/t19-/m0/s1. The van der Waals surface area contributed by atoms with E-state index in [0.717, 1.165) is 16.9 Å². The topological polar surface area (TPSA) is 44.1 Å². The van der Waals surface area contributed by atoms with Crippen molar-refractivity contribution in [2.75, 3.05) is 0 Å². The van der Waals surface area contributed by atoms with Gasteiger partial charge in [0.2, 0.25) is 5.88 Å². The Kier molecular flexibility index (Phi) is 5.97. The number of hydrogen-bond acceptors (Lipinski definition) is 3. The van der Waals surface area contributed by atoms with Gasteiger partial charge in [0.25, 0.3) is 0 Å². The van der Waals surface area contributed by atoms with Crippen LogP contribution in [0.1, 0.15) is 50.3 Å². The van der Waals surface area contributed by atoms with Crippen molar-refractivity contribution >= 4 is 17.6 Å². The smallest absolute Gasteiger partial charge is 0.320 e. The van der Waals surface area contributed by atoms with Crippen LogP contribution in [-0.2, 0) is 4.79 Å². The van der Waals surface area contributed by atoms with Crippen LogP contribution in [0.2, 0.25) is 5.02 Å². The summed E-state index contributed by atoms with van der Waals surface area (Å²) in [6, 6.07) is 18.8. The highest BCUT2D eigenvalue weighted by Gasteiger charge is 2.23. The minimum Gasteiger partial charge on any atom is -0.407 e. The van der Waals surface area contributed by atoms with E-state index in [2.05, 4.69) is 18.9 Å². The molecule has 1 aromatic heterocycles. The van der Waals surface area contributed by atoms with Crippen molar-refractivity contribution in [2.45, 2.75) is 39.0 Å². The van der Waals surface area contributed by atoms with Gasteiger partial charge in [0.15, 0.2) is 0 Å². The fraction of sp³-hybridized carbons (Fsp3) is 0.273. The highest BCUT2D eigenvalue weighted by Crippen LogP contribution is 2.28. The molecule has 1 heterocycles. The van der Waals surface area contributed by atoms with Gasteiger partial charge in [-0.1, -0.05) is 68.8 Å². The third-order valence-corrected chi connectivity index (χ3v) is 4.67. The molecule has 0 aliphatic rings. The molecule has 0 unspecified atom stereocenters. The van der Waals surface area contributed by atoms with Crippen LogP contribution < -0.4 is 4.74 Å². The largest absolute Gasteiger partial charge is 0.407 e. The second-order valence-corrected chi connectivity index (χ2v) is 7.18. The Bertz CT molecular complexity index is 919. The van der Waals surface area contributed by atoms with Crippen molar-refractivity contribution in [1.82, 2.24) is 9.78 Å². The van der Waals surface area contributed by atoms with Gasteiger partial charge in [-0.05, 0) is 36.1 Å². The first kappa shape index (κ1) is 19.2. The molecule has 0 amide bonds. The maximum atomic E-state index is 12.9. The van der Waals surface area contributed by atoms with Crippen molar-refractivity contribution in [3.63, 3.8) is 0 Å². The second-order valence-electron chi connectivity index (χ2n) is 6.75. The predicted octanol–water partition coefficient (Wildman–Crippen LogP) is 5.75. The number of carbonyl (C=O) groups excluding carboxylic acids is 1. The summed E-state index contributed by atoms with van der Waals surface area (Å²) in [5, 5.41) is 5.21. The van der Waals surface area contributed by atoms with Crippen LogP contribution in [0, 0.1) is 0 Å². The van der Waals surface area contributed by atoms with Gasteiger partial charge in [-0.15, -0.1) is 0 Å². The second kappa shape index (κ2) is 8.40. The Morgan fingerprint density at radius 2 is 1.85 bits per heavy atom. The number of rotatable bonds is 6. The summed E-state index contributed by atoms with van der Waals surface area (Å²) in [6.07, 6.45) is 0.658. The number of aromatic nitrogens is 2. The monoisotopic (exact) mass is 382 g/mol. The maximum absolute atomic E-state index is 12.9. The zero-order chi connectivity index (χ0) is 19.4. The molecule has 140 valence electrons. The van der Waals surface area contributed by atoms with E-state index in [1.807, 2.05) is 55.5 Å². The van der Waals surface area contributed by atoms with Crippen LogP contribution in [0.3, 0.4) is 0 Å². The number of nitrogens with zero attached hydrogens (tertiary/aromatic N) is 2. The summed E-state index contributed by atoms with van der Waals surface area (Å²) in [5.74, 6) is -0.00192. The van der Waals surface area contributed by atoms with E-state index in [0.29, 0.717) is 17.3 Å². The molecule has 0 N–H and O–H groups in total. The molecule has 0 spiro atoms. The summed E-state index contributed by atoms with van der Waals surface area (Å²) in [5.41, 5.74) is 2.55. The van der Waals surface area contributed by atoms with Gasteiger partial charge in [0.05, 0.1) is 17.3 Å². The van der Waals surface area contributed by atoms with Crippen LogP contribution in [0.4, 0.5) is 0 Å². The molecule has 27 heavy (non-hydrogen) atoms. The van der Waals surface area contributed by atoms with Crippen molar-refractivity contribution in [1.29, 1.82) is 0 Å². The molecular weight excluding hydrogens is 360 g/mol. The molecule has 0 radical (unpaired) electrons. The third-order valence-electron chi connectivity index (χ3n) is 4.44. The van der Waals surface area contributed by atoms with E-state index in [1.54, 1.807) is 16.8 Å². The molecule has 0 saturated heterocycles. The number of carbonyl (C=O) groups is 1. The Hall–Kier alpha value is -2.59. The van der Waals surface area contributed by atoms with E-state index in [4.69, 9.17) is 16.3 Å². The number of benzene rings is 2. The van der Waals surface area contributed by atoms with E-state index >= 15 is 0 Å². The van der Waals surface area contributed by atoms with Gasteiger partial charge < -0.3 is 4.74 Å². The maximum Gasteiger partial charge on any atom is 0.320 e. The normalized spacial score (nSPS) is 12.2. The number of halogens is 1. The summed E-state index contributed by atoms with van der Waals surface area (Å²) in [6.45, 7) is 6.08. The molecule has 1 atom stereocenters. The van der Waals surface area contributed by atoms with Gasteiger partial charge in [0.1, 0.15) is 0 Å². The van der Waals surface area contributed by atoms with Gasteiger partial charge in [0, 0.05) is 11.1 Å². The van der Waals surface area contributed by atoms with Crippen molar-refractivity contribution < 1.29 is 9.53 Å². The SMILES string of the molecule is CC[C@H](C(=O)Oc1cc(C(C)C)nn1-c1cccc(Cl)c1)c1ccccc1. The van der Waals surface area contributed by atoms with Gasteiger partial charge >= 0.3 is 5.97 Å². The van der Waals surface area contributed by atoms with Crippen molar-refractivity contribution in [3.05, 3.63) is 76.9 Å². The van der Waals surface area contributed by atoms with E-state index < -0.39 is 0 Å². The number of hydrogen-bond donors (Lipinski definition) is 0. The van der Waals surface area contributed by atoms with Gasteiger partial charge in [-0.3, -0.25) is 4.79 Å². The van der Waals surface area contributed by atoms with Crippen LogP contribution >= 0.6 is 11.6 Å². The van der Waals surface area contributed by atoms with E-state index in [9.17, 15) is 4.79 Å². The summed E-state index contributed by atoms with van der Waals surface area (Å²) < 4.78 is 7.43. The average Bonchev–Trinajstić information content (AvgIpc) is 3.07. The highest BCUT2D eigenvalue weighted by atomic mass is 35.5.